The molecular weight excluding hydrogens is 288 g/mol. The molecule has 5 nitrogen and oxygen atoms in total. The molecule has 116 valence electrons. The van der Waals surface area contributed by atoms with E-state index in [4.69, 9.17) is 9.78 Å². The fraction of sp³-hybridized carbons (Fsp3) is 0.389. The molecule has 2 aliphatic heterocycles. The second kappa shape index (κ2) is 5.98. The normalized spacial score (nSPS) is 26.5. The van der Waals surface area contributed by atoms with Crippen molar-refractivity contribution in [2.45, 2.75) is 43.7 Å². The quantitative estimate of drug-likeness (QED) is 0.943. The summed E-state index contributed by atoms with van der Waals surface area (Å²) in [6, 6.07) is 10.7. The van der Waals surface area contributed by atoms with Gasteiger partial charge in [0.1, 0.15) is 0 Å². The zero-order chi connectivity index (χ0) is 15.6. The van der Waals surface area contributed by atoms with E-state index in [-0.39, 0.29) is 0 Å². The minimum atomic E-state index is 0.412. The first-order chi connectivity index (χ1) is 11.3. The molecule has 1 aromatic heterocycles. The number of aromatic nitrogens is 2. The topological polar surface area (TPSA) is 74.7 Å². The van der Waals surface area contributed by atoms with E-state index in [0.29, 0.717) is 29.5 Å². The van der Waals surface area contributed by atoms with Gasteiger partial charge in [-0.05, 0) is 49.5 Å². The van der Waals surface area contributed by atoms with Gasteiger partial charge in [0, 0.05) is 24.1 Å². The zero-order valence-electron chi connectivity index (χ0n) is 12.8. The summed E-state index contributed by atoms with van der Waals surface area (Å²) in [5, 5.41) is 16.6. The van der Waals surface area contributed by atoms with Crippen molar-refractivity contribution < 1.29 is 4.52 Å². The highest BCUT2D eigenvalue weighted by Crippen LogP contribution is 2.35. The predicted octanol–water partition coefficient (Wildman–Crippen LogP) is 3.11. The number of piperidine rings is 1. The Labute approximate surface area is 135 Å². The second-order valence-corrected chi connectivity index (χ2v) is 6.36. The third-order valence-electron chi connectivity index (χ3n) is 4.75. The van der Waals surface area contributed by atoms with Crippen LogP contribution in [-0.4, -0.2) is 22.2 Å². The lowest BCUT2D eigenvalue weighted by Gasteiger charge is -2.26. The van der Waals surface area contributed by atoms with E-state index in [1.165, 1.54) is 12.8 Å². The molecule has 4 rings (SSSR count). The van der Waals surface area contributed by atoms with Crippen LogP contribution < -0.4 is 5.32 Å². The van der Waals surface area contributed by atoms with Crippen molar-refractivity contribution in [3.05, 3.63) is 47.1 Å². The van der Waals surface area contributed by atoms with Crippen molar-refractivity contribution in [1.29, 1.82) is 5.26 Å². The van der Waals surface area contributed by atoms with E-state index in [9.17, 15) is 0 Å². The molecule has 2 unspecified atom stereocenters. The summed E-state index contributed by atoms with van der Waals surface area (Å²) in [7, 11) is 0. The largest absolute Gasteiger partial charge is 0.335 e. The van der Waals surface area contributed by atoms with Crippen molar-refractivity contribution in [1.82, 2.24) is 15.5 Å². The Morgan fingerprint density at radius 1 is 1.13 bits per heavy atom. The van der Waals surface area contributed by atoms with Gasteiger partial charge in [-0.1, -0.05) is 17.3 Å². The minimum Gasteiger partial charge on any atom is -0.335 e. The van der Waals surface area contributed by atoms with Gasteiger partial charge in [0.2, 0.25) is 0 Å². The van der Waals surface area contributed by atoms with E-state index in [0.717, 1.165) is 24.2 Å². The number of benzene rings is 1. The van der Waals surface area contributed by atoms with Crippen molar-refractivity contribution >= 4 is 12.2 Å². The number of nitriles is 1. The van der Waals surface area contributed by atoms with Crippen LogP contribution in [0.5, 0.6) is 0 Å². The van der Waals surface area contributed by atoms with Crippen LogP contribution in [-0.2, 0) is 0 Å². The summed E-state index contributed by atoms with van der Waals surface area (Å²) < 4.78 is 5.35. The van der Waals surface area contributed by atoms with Gasteiger partial charge in [0.15, 0.2) is 5.82 Å². The number of hydrogen-bond donors (Lipinski definition) is 1. The number of nitrogens with one attached hydrogen (secondary N) is 1. The number of rotatable bonds is 3. The van der Waals surface area contributed by atoms with Crippen LogP contribution in [0.1, 0.15) is 54.4 Å². The SMILES string of the molecule is N#Cc1ccc(/C=C/c2nc(C3CC4CCC(C3)N4)no2)cc1. The first-order valence-electron chi connectivity index (χ1n) is 8.08. The van der Waals surface area contributed by atoms with Gasteiger partial charge in [0.05, 0.1) is 11.6 Å². The summed E-state index contributed by atoms with van der Waals surface area (Å²) in [5.74, 6) is 1.78. The lowest BCUT2D eigenvalue weighted by Crippen LogP contribution is -2.37. The molecule has 1 N–H and O–H groups in total. The van der Waals surface area contributed by atoms with Crippen molar-refractivity contribution in [3.8, 4) is 6.07 Å². The molecule has 0 spiro atoms. The highest BCUT2D eigenvalue weighted by Gasteiger charge is 2.35. The molecule has 2 fully saturated rings. The maximum absolute atomic E-state index is 8.80. The molecule has 0 amide bonds. The second-order valence-electron chi connectivity index (χ2n) is 6.36. The van der Waals surface area contributed by atoms with Crippen LogP contribution in [0, 0.1) is 11.3 Å². The Morgan fingerprint density at radius 3 is 2.57 bits per heavy atom. The van der Waals surface area contributed by atoms with E-state index in [1.54, 1.807) is 12.1 Å². The number of fused-ring (bicyclic) bond motifs is 2. The van der Waals surface area contributed by atoms with Gasteiger partial charge >= 0.3 is 0 Å². The highest BCUT2D eigenvalue weighted by molar-refractivity contribution is 5.66. The van der Waals surface area contributed by atoms with E-state index >= 15 is 0 Å². The highest BCUT2D eigenvalue weighted by atomic mass is 16.5. The molecule has 0 aliphatic carbocycles. The van der Waals surface area contributed by atoms with Crippen molar-refractivity contribution in [3.63, 3.8) is 0 Å². The van der Waals surface area contributed by atoms with Crippen molar-refractivity contribution in [2.24, 2.45) is 0 Å². The maximum atomic E-state index is 8.80. The number of hydrogen-bond acceptors (Lipinski definition) is 5. The summed E-state index contributed by atoms with van der Waals surface area (Å²) in [6.45, 7) is 0. The average molecular weight is 306 g/mol. The summed E-state index contributed by atoms with van der Waals surface area (Å²) in [4.78, 5) is 4.53. The Hall–Kier alpha value is -2.45. The molecule has 2 atom stereocenters. The van der Waals surface area contributed by atoms with Crippen LogP contribution in [0.25, 0.3) is 12.2 Å². The maximum Gasteiger partial charge on any atom is 0.250 e. The number of nitrogens with zero attached hydrogens (tertiary/aromatic N) is 3. The van der Waals surface area contributed by atoms with Crippen LogP contribution in [0.2, 0.25) is 0 Å². The van der Waals surface area contributed by atoms with Gasteiger partial charge in [-0.2, -0.15) is 10.2 Å². The molecule has 1 aromatic carbocycles. The monoisotopic (exact) mass is 306 g/mol. The van der Waals surface area contributed by atoms with E-state index in [2.05, 4.69) is 21.5 Å². The first kappa shape index (κ1) is 14.2. The predicted molar refractivity (Wildman–Crippen MR) is 86.3 cm³/mol. The first-order valence-corrected chi connectivity index (χ1v) is 8.08. The molecule has 2 saturated heterocycles. The Kier molecular flexibility index (Phi) is 3.68. The van der Waals surface area contributed by atoms with Crippen LogP contribution in [0.3, 0.4) is 0 Å². The van der Waals surface area contributed by atoms with Gasteiger partial charge in [-0.3, -0.25) is 0 Å². The van der Waals surface area contributed by atoms with E-state index in [1.807, 2.05) is 24.3 Å². The third kappa shape index (κ3) is 3.03. The molecule has 23 heavy (non-hydrogen) atoms. The fourth-order valence-corrected chi connectivity index (χ4v) is 3.59. The summed E-state index contributed by atoms with van der Waals surface area (Å²) >= 11 is 0. The van der Waals surface area contributed by atoms with Crippen LogP contribution >= 0.6 is 0 Å². The molecular formula is C18H18N4O. The Balaban J connectivity index is 1.45. The van der Waals surface area contributed by atoms with Gasteiger partial charge in [-0.25, -0.2) is 0 Å². The smallest absolute Gasteiger partial charge is 0.250 e. The fourth-order valence-electron chi connectivity index (χ4n) is 3.59. The molecule has 0 radical (unpaired) electrons. The molecule has 5 heteroatoms. The Bertz CT molecular complexity index is 744. The van der Waals surface area contributed by atoms with Gasteiger partial charge in [0.25, 0.3) is 5.89 Å². The molecule has 3 heterocycles. The molecule has 0 saturated carbocycles. The lowest BCUT2D eigenvalue weighted by molar-refractivity contribution is 0.338. The third-order valence-corrected chi connectivity index (χ3v) is 4.75. The van der Waals surface area contributed by atoms with E-state index < -0.39 is 0 Å². The Morgan fingerprint density at radius 2 is 1.87 bits per heavy atom. The van der Waals surface area contributed by atoms with Gasteiger partial charge < -0.3 is 9.84 Å². The molecule has 2 bridgehead atoms. The standard InChI is InChI=1S/C18H18N4O/c19-11-13-3-1-12(2-4-13)5-8-17-21-18(22-23-17)14-9-15-6-7-16(10-14)20-15/h1-5,8,14-16,20H,6-7,9-10H2/b8-5+. The summed E-state index contributed by atoms with van der Waals surface area (Å²) in [5.41, 5.74) is 1.66. The zero-order valence-corrected chi connectivity index (χ0v) is 12.8. The summed E-state index contributed by atoms with van der Waals surface area (Å²) in [6.07, 6.45) is 8.50. The van der Waals surface area contributed by atoms with Crippen LogP contribution in [0.15, 0.2) is 28.8 Å². The van der Waals surface area contributed by atoms with Crippen molar-refractivity contribution in [2.75, 3.05) is 0 Å². The van der Waals surface area contributed by atoms with Crippen LogP contribution in [0.4, 0.5) is 0 Å². The molecule has 2 aromatic rings. The average Bonchev–Trinajstić information content (AvgIpc) is 3.20. The lowest BCUT2D eigenvalue weighted by atomic mass is 9.92. The minimum absolute atomic E-state index is 0.412. The molecule has 2 aliphatic rings. The van der Waals surface area contributed by atoms with Gasteiger partial charge in [-0.15, -0.1) is 0 Å².